The SMILES string of the molecule is CC(C)CN1C(=O)/C(=C/c2ccc(OCc3cccc(F)c3)c(Cl)c2)SC1=S. The van der Waals surface area contributed by atoms with Crippen molar-refractivity contribution < 1.29 is 13.9 Å². The molecular weight excluding hydrogens is 417 g/mol. The average Bonchev–Trinajstić information content (AvgIpc) is 2.88. The van der Waals surface area contributed by atoms with Crippen LogP contribution in [0.1, 0.15) is 25.0 Å². The lowest BCUT2D eigenvalue weighted by molar-refractivity contribution is -0.122. The lowest BCUT2D eigenvalue weighted by atomic mass is 10.2. The predicted octanol–water partition coefficient (Wildman–Crippen LogP) is 5.92. The van der Waals surface area contributed by atoms with Crippen LogP contribution in [0.15, 0.2) is 47.4 Å². The third-order valence-electron chi connectivity index (χ3n) is 3.96. The van der Waals surface area contributed by atoms with Gasteiger partial charge >= 0.3 is 0 Å². The molecule has 7 heteroatoms. The second-order valence-electron chi connectivity index (χ2n) is 6.79. The summed E-state index contributed by atoms with van der Waals surface area (Å²) in [6.45, 7) is 4.91. The highest BCUT2D eigenvalue weighted by Gasteiger charge is 2.32. The third-order valence-corrected chi connectivity index (χ3v) is 5.63. The molecule has 146 valence electrons. The second-order valence-corrected chi connectivity index (χ2v) is 8.88. The molecule has 0 spiro atoms. The Bertz CT molecular complexity index is 946. The molecule has 1 aliphatic heterocycles. The number of thioether (sulfide) groups is 1. The van der Waals surface area contributed by atoms with Crippen LogP contribution in [-0.2, 0) is 11.4 Å². The molecule has 0 atom stereocenters. The van der Waals surface area contributed by atoms with Crippen LogP contribution in [0.5, 0.6) is 5.75 Å². The van der Waals surface area contributed by atoms with Crippen LogP contribution in [0.4, 0.5) is 4.39 Å². The van der Waals surface area contributed by atoms with E-state index in [1.165, 1.54) is 23.9 Å². The minimum Gasteiger partial charge on any atom is -0.487 e. The zero-order valence-corrected chi connectivity index (χ0v) is 17.8. The first-order valence-corrected chi connectivity index (χ1v) is 10.4. The summed E-state index contributed by atoms with van der Waals surface area (Å²) in [6, 6.07) is 11.5. The Morgan fingerprint density at radius 1 is 1.29 bits per heavy atom. The van der Waals surface area contributed by atoms with Crippen LogP contribution in [0.3, 0.4) is 0 Å². The average molecular weight is 436 g/mol. The van der Waals surface area contributed by atoms with E-state index in [4.69, 9.17) is 28.6 Å². The lowest BCUT2D eigenvalue weighted by Gasteiger charge is -2.16. The number of carbonyl (C=O) groups excluding carboxylic acids is 1. The number of amides is 1. The molecule has 0 radical (unpaired) electrons. The van der Waals surface area contributed by atoms with Gasteiger partial charge in [0.15, 0.2) is 0 Å². The molecule has 2 aromatic rings. The van der Waals surface area contributed by atoms with Crippen molar-refractivity contribution in [1.82, 2.24) is 4.90 Å². The molecular formula is C21H19ClFNO2S2. The number of ether oxygens (including phenoxy) is 1. The number of hydrogen-bond donors (Lipinski definition) is 0. The van der Waals surface area contributed by atoms with Gasteiger partial charge in [0.25, 0.3) is 5.91 Å². The molecule has 1 amide bonds. The maximum atomic E-state index is 13.2. The number of carbonyl (C=O) groups is 1. The Labute approximate surface area is 178 Å². The number of thiocarbonyl (C=S) groups is 1. The third kappa shape index (κ3) is 5.13. The smallest absolute Gasteiger partial charge is 0.266 e. The Morgan fingerprint density at radius 2 is 2.07 bits per heavy atom. The normalized spacial score (nSPS) is 15.8. The molecule has 3 nitrogen and oxygen atoms in total. The van der Waals surface area contributed by atoms with Crippen LogP contribution in [0.25, 0.3) is 6.08 Å². The highest BCUT2D eigenvalue weighted by Crippen LogP contribution is 2.34. The van der Waals surface area contributed by atoms with Gasteiger partial charge in [-0.15, -0.1) is 0 Å². The summed E-state index contributed by atoms with van der Waals surface area (Å²) >= 11 is 12.9. The van der Waals surface area contributed by atoms with Gasteiger partial charge < -0.3 is 4.74 Å². The largest absolute Gasteiger partial charge is 0.487 e. The van der Waals surface area contributed by atoms with E-state index in [0.29, 0.717) is 38.0 Å². The molecule has 28 heavy (non-hydrogen) atoms. The van der Waals surface area contributed by atoms with Crippen molar-refractivity contribution in [2.24, 2.45) is 5.92 Å². The van der Waals surface area contributed by atoms with Gasteiger partial charge in [-0.2, -0.15) is 0 Å². The number of benzene rings is 2. The van der Waals surface area contributed by atoms with Gasteiger partial charge in [-0.1, -0.05) is 67.6 Å². The van der Waals surface area contributed by atoms with Gasteiger partial charge in [0, 0.05) is 6.54 Å². The van der Waals surface area contributed by atoms with E-state index in [9.17, 15) is 9.18 Å². The highest BCUT2D eigenvalue weighted by atomic mass is 35.5. The molecule has 0 saturated carbocycles. The highest BCUT2D eigenvalue weighted by molar-refractivity contribution is 8.26. The monoisotopic (exact) mass is 435 g/mol. The van der Waals surface area contributed by atoms with E-state index in [2.05, 4.69) is 0 Å². The van der Waals surface area contributed by atoms with Crippen molar-refractivity contribution in [3.8, 4) is 5.75 Å². The van der Waals surface area contributed by atoms with Crippen molar-refractivity contribution in [1.29, 1.82) is 0 Å². The number of halogens is 2. The van der Waals surface area contributed by atoms with Gasteiger partial charge in [0.05, 0.1) is 9.93 Å². The van der Waals surface area contributed by atoms with E-state index in [0.717, 1.165) is 5.56 Å². The van der Waals surface area contributed by atoms with Crippen molar-refractivity contribution in [3.63, 3.8) is 0 Å². The first-order valence-electron chi connectivity index (χ1n) is 8.75. The number of rotatable bonds is 6. The number of nitrogens with zero attached hydrogens (tertiary/aromatic N) is 1. The van der Waals surface area contributed by atoms with Gasteiger partial charge in [0.2, 0.25) is 0 Å². The van der Waals surface area contributed by atoms with Gasteiger partial charge in [-0.3, -0.25) is 9.69 Å². The summed E-state index contributed by atoms with van der Waals surface area (Å²) < 4.78 is 19.5. The van der Waals surface area contributed by atoms with Gasteiger partial charge in [-0.05, 0) is 47.4 Å². The fourth-order valence-electron chi connectivity index (χ4n) is 2.69. The molecule has 1 fully saturated rings. The molecule has 0 bridgehead atoms. The van der Waals surface area contributed by atoms with Crippen molar-refractivity contribution in [2.75, 3.05) is 6.54 Å². The topological polar surface area (TPSA) is 29.5 Å². The summed E-state index contributed by atoms with van der Waals surface area (Å²) in [4.78, 5) is 14.8. The lowest BCUT2D eigenvalue weighted by Crippen LogP contribution is -2.31. The Morgan fingerprint density at radius 3 is 2.75 bits per heavy atom. The van der Waals surface area contributed by atoms with Crippen molar-refractivity contribution in [2.45, 2.75) is 20.5 Å². The van der Waals surface area contributed by atoms with E-state index in [1.807, 2.05) is 19.9 Å². The summed E-state index contributed by atoms with van der Waals surface area (Å²) in [5.41, 5.74) is 1.50. The summed E-state index contributed by atoms with van der Waals surface area (Å²) in [5.74, 6) is 0.449. The van der Waals surface area contributed by atoms with Crippen LogP contribution >= 0.6 is 35.6 Å². The van der Waals surface area contributed by atoms with Crippen molar-refractivity contribution >= 4 is 51.9 Å². The first-order chi connectivity index (χ1) is 13.3. The summed E-state index contributed by atoms with van der Waals surface area (Å²) in [5, 5.41) is 0.419. The minimum atomic E-state index is -0.308. The molecule has 0 aliphatic carbocycles. The van der Waals surface area contributed by atoms with E-state index in [1.54, 1.807) is 35.2 Å². The number of hydrogen-bond acceptors (Lipinski definition) is 4. The molecule has 0 aromatic heterocycles. The molecule has 2 aromatic carbocycles. The molecule has 3 rings (SSSR count). The van der Waals surface area contributed by atoms with Crippen LogP contribution < -0.4 is 4.74 Å². The minimum absolute atomic E-state index is 0.0775. The summed E-state index contributed by atoms with van der Waals surface area (Å²) in [7, 11) is 0. The fraction of sp³-hybridized carbons (Fsp3) is 0.238. The van der Waals surface area contributed by atoms with Crippen LogP contribution in [-0.4, -0.2) is 21.7 Å². The van der Waals surface area contributed by atoms with Gasteiger partial charge in [-0.25, -0.2) is 4.39 Å². The molecule has 1 saturated heterocycles. The van der Waals surface area contributed by atoms with E-state index < -0.39 is 0 Å². The zero-order chi connectivity index (χ0) is 20.3. The van der Waals surface area contributed by atoms with Crippen LogP contribution in [0.2, 0.25) is 5.02 Å². The Balaban J connectivity index is 1.71. The zero-order valence-electron chi connectivity index (χ0n) is 15.4. The molecule has 0 N–H and O–H groups in total. The van der Waals surface area contributed by atoms with E-state index >= 15 is 0 Å². The van der Waals surface area contributed by atoms with Gasteiger partial charge in [0.1, 0.15) is 22.5 Å². The summed E-state index contributed by atoms with van der Waals surface area (Å²) in [6.07, 6.45) is 1.78. The quantitative estimate of drug-likeness (QED) is 0.416. The predicted molar refractivity (Wildman–Crippen MR) is 117 cm³/mol. The first kappa shape index (κ1) is 20.8. The fourth-order valence-corrected chi connectivity index (χ4v) is 4.20. The molecule has 0 unspecified atom stereocenters. The Kier molecular flexibility index (Phi) is 6.75. The Hall–Kier alpha value is -1.89. The maximum absolute atomic E-state index is 13.2. The van der Waals surface area contributed by atoms with Crippen molar-refractivity contribution in [3.05, 3.63) is 69.3 Å². The molecule has 1 aliphatic rings. The molecule has 1 heterocycles. The second kappa shape index (κ2) is 9.07. The van der Waals surface area contributed by atoms with E-state index in [-0.39, 0.29) is 18.3 Å². The standard InChI is InChI=1S/C21H19ClFNO2S2/c1-13(2)11-24-20(25)19(28-21(24)27)10-14-6-7-18(17(22)9-14)26-12-15-4-3-5-16(23)8-15/h3-10,13H,11-12H2,1-2H3/b19-10-. The maximum Gasteiger partial charge on any atom is 0.266 e. The van der Waals surface area contributed by atoms with Crippen LogP contribution in [0, 0.1) is 11.7 Å².